The lowest BCUT2D eigenvalue weighted by atomic mass is 9.94. The molecule has 1 saturated carbocycles. The number of nitrogen functional groups attached to an aromatic ring is 1. The predicted octanol–water partition coefficient (Wildman–Crippen LogP) is 5.36. The highest BCUT2D eigenvalue weighted by Crippen LogP contribution is 2.47. The van der Waals surface area contributed by atoms with E-state index in [0.717, 1.165) is 51.3 Å². The van der Waals surface area contributed by atoms with Crippen LogP contribution in [0.3, 0.4) is 0 Å². The van der Waals surface area contributed by atoms with Crippen molar-refractivity contribution >= 4 is 39.3 Å². The monoisotopic (exact) mass is 380 g/mol. The van der Waals surface area contributed by atoms with E-state index in [4.69, 9.17) is 10.7 Å². The number of nitrogens with zero attached hydrogens (tertiary/aromatic N) is 2. The van der Waals surface area contributed by atoms with Crippen molar-refractivity contribution in [3.63, 3.8) is 0 Å². The van der Waals surface area contributed by atoms with Gasteiger partial charge in [-0.3, -0.25) is 5.10 Å². The van der Waals surface area contributed by atoms with Gasteiger partial charge < -0.3 is 5.73 Å². The molecule has 0 amide bonds. The first-order valence-electron chi connectivity index (χ1n) is 8.84. The largest absolute Gasteiger partial charge is 0.383 e. The summed E-state index contributed by atoms with van der Waals surface area (Å²) in [7, 11) is 0. The highest BCUT2D eigenvalue weighted by Gasteiger charge is 2.30. The van der Waals surface area contributed by atoms with Crippen molar-refractivity contribution in [3.05, 3.63) is 54.1 Å². The first-order valence-corrected chi connectivity index (χ1v) is 10.5. The highest BCUT2D eigenvalue weighted by molar-refractivity contribution is 7.97. The third-order valence-electron chi connectivity index (χ3n) is 4.72. The zero-order valence-electron chi connectivity index (χ0n) is 15.3. The van der Waals surface area contributed by atoms with Crippen LogP contribution in [0.5, 0.6) is 0 Å². The molecule has 3 N–H and O–H groups in total. The number of pyridine rings is 1. The van der Waals surface area contributed by atoms with Gasteiger partial charge in [0.25, 0.3) is 0 Å². The molecule has 1 aliphatic rings. The number of nitrogens with two attached hydrogens (primary N) is 1. The fraction of sp³-hybridized carbons (Fsp3) is 0.238. The minimum atomic E-state index is -0.239. The Morgan fingerprint density at radius 2 is 1.81 bits per heavy atom. The Morgan fingerprint density at radius 1 is 1.11 bits per heavy atom. The maximum absolute atomic E-state index is 13.4. The van der Waals surface area contributed by atoms with Crippen LogP contribution in [0.4, 0.5) is 10.2 Å². The van der Waals surface area contributed by atoms with Gasteiger partial charge in [-0.15, -0.1) is 0 Å². The van der Waals surface area contributed by atoms with E-state index in [1.54, 1.807) is 18.0 Å². The van der Waals surface area contributed by atoms with Crippen molar-refractivity contribution in [2.45, 2.75) is 18.8 Å². The zero-order valence-corrected chi connectivity index (χ0v) is 16.1. The van der Waals surface area contributed by atoms with E-state index in [-0.39, 0.29) is 5.82 Å². The van der Waals surface area contributed by atoms with Crippen LogP contribution in [0.2, 0.25) is 0 Å². The van der Waals surface area contributed by atoms with Crippen molar-refractivity contribution in [3.8, 4) is 11.1 Å². The SMILES string of the molecule is CSC.Nc1nc(C2CC2)c(-c2ccc(F)cc2)c2cc3cn[nH]c3cc12. The molecule has 0 spiro atoms. The topological polar surface area (TPSA) is 67.6 Å². The molecule has 0 radical (unpaired) electrons. The average molecular weight is 380 g/mol. The van der Waals surface area contributed by atoms with Gasteiger partial charge in [-0.2, -0.15) is 16.9 Å². The number of hydrogen-bond donors (Lipinski definition) is 2. The van der Waals surface area contributed by atoms with E-state index in [1.165, 1.54) is 12.1 Å². The number of benzene rings is 2. The second-order valence-corrected chi connectivity index (χ2v) is 7.62. The molecule has 0 unspecified atom stereocenters. The number of hydrogen-bond acceptors (Lipinski definition) is 4. The van der Waals surface area contributed by atoms with E-state index < -0.39 is 0 Å². The van der Waals surface area contributed by atoms with E-state index in [2.05, 4.69) is 16.3 Å². The smallest absolute Gasteiger partial charge is 0.131 e. The van der Waals surface area contributed by atoms with Crippen LogP contribution in [0.15, 0.2) is 42.6 Å². The summed E-state index contributed by atoms with van der Waals surface area (Å²) >= 11 is 1.75. The molecule has 2 aromatic heterocycles. The van der Waals surface area contributed by atoms with Gasteiger partial charge in [0.05, 0.1) is 17.4 Å². The Morgan fingerprint density at radius 3 is 2.48 bits per heavy atom. The predicted molar refractivity (Wildman–Crippen MR) is 113 cm³/mol. The number of aromatic nitrogens is 3. The number of nitrogens with one attached hydrogen (secondary N) is 1. The molecule has 2 heterocycles. The second kappa shape index (κ2) is 7.19. The van der Waals surface area contributed by atoms with E-state index in [1.807, 2.05) is 30.7 Å². The Kier molecular flexibility index (Phi) is 4.74. The summed E-state index contributed by atoms with van der Waals surface area (Å²) in [5.41, 5.74) is 10.2. The Labute approximate surface area is 161 Å². The molecule has 6 heteroatoms. The molecule has 0 atom stereocenters. The van der Waals surface area contributed by atoms with Crippen LogP contribution in [-0.2, 0) is 0 Å². The van der Waals surface area contributed by atoms with Crippen LogP contribution in [0.1, 0.15) is 24.5 Å². The van der Waals surface area contributed by atoms with Crippen molar-refractivity contribution in [1.82, 2.24) is 15.2 Å². The van der Waals surface area contributed by atoms with Crippen molar-refractivity contribution in [2.75, 3.05) is 18.2 Å². The van der Waals surface area contributed by atoms with Crippen LogP contribution >= 0.6 is 11.8 Å². The van der Waals surface area contributed by atoms with Crippen LogP contribution in [-0.4, -0.2) is 27.7 Å². The molecule has 0 aliphatic heterocycles. The van der Waals surface area contributed by atoms with Gasteiger partial charge in [0.1, 0.15) is 11.6 Å². The molecule has 1 aliphatic carbocycles. The van der Waals surface area contributed by atoms with Gasteiger partial charge in [-0.1, -0.05) is 12.1 Å². The summed E-state index contributed by atoms with van der Waals surface area (Å²) in [5, 5.41) is 10.0. The normalized spacial score (nSPS) is 13.6. The molecule has 27 heavy (non-hydrogen) atoms. The third kappa shape index (κ3) is 3.37. The van der Waals surface area contributed by atoms with Gasteiger partial charge >= 0.3 is 0 Å². The molecule has 0 bridgehead atoms. The molecule has 138 valence electrons. The van der Waals surface area contributed by atoms with Gasteiger partial charge in [-0.05, 0) is 60.6 Å². The van der Waals surface area contributed by atoms with Crippen LogP contribution in [0.25, 0.3) is 32.8 Å². The van der Waals surface area contributed by atoms with Crippen molar-refractivity contribution in [2.24, 2.45) is 0 Å². The number of fused-ring (bicyclic) bond motifs is 2. The molecular formula is C21H21FN4S. The van der Waals surface area contributed by atoms with Crippen LogP contribution < -0.4 is 5.73 Å². The molecule has 2 aromatic carbocycles. The summed E-state index contributed by atoms with van der Waals surface area (Å²) in [6, 6.07) is 10.7. The quantitative estimate of drug-likeness (QED) is 0.491. The third-order valence-corrected chi connectivity index (χ3v) is 4.72. The zero-order chi connectivity index (χ0) is 19.0. The molecule has 1 fully saturated rings. The second-order valence-electron chi connectivity index (χ2n) is 6.80. The van der Waals surface area contributed by atoms with Gasteiger partial charge in [-0.25, -0.2) is 9.37 Å². The minimum absolute atomic E-state index is 0.239. The number of aromatic amines is 1. The first-order chi connectivity index (χ1) is 13.1. The number of H-pyrrole nitrogens is 1. The van der Waals surface area contributed by atoms with E-state index >= 15 is 0 Å². The summed E-state index contributed by atoms with van der Waals surface area (Å²) in [6.07, 6.45) is 8.14. The van der Waals surface area contributed by atoms with Gasteiger partial charge in [0.2, 0.25) is 0 Å². The Hall–Kier alpha value is -2.60. The van der Waals surface area contributed by atoms with Crippen LogP contribution in [0, 0.1) is 5.82 Å². The molecule has 0 saturated heterocycles. The Balaban J connectivity index is 0.000000565. The summed E-state index contributed by atoms with van der Waals surface area (Å²) in [4.78, 5) is 4.70. The molecular weight excluding hydrogens is 359 g/mol. The Bertz CT molecular complexity index is 1100. The lowest BCUT2D eigenvalue weighted by Gasteiger charge is -2.14. The van der Waals surface area contributed by atoms with Gasteiger partial charge in [0, 0.05) is 22.3 Å². The number of anilines is 1. The maximum Gasteiger partial charge on any atom is 0.131 e. The first kappa shape index (κ1) is 17.8. The lowest BCUT2D eigenvalue weighted by Crippen LogP contribution is -2.00. The summed E-state index contributed by atoms with van der Waals surface area (Å²) in [5.74, 6) is 0.739. The fourth-order valence-electron chi connectivity index (χ4n) is 3.37. The highest BCUT2D eigenvalue weighted by atomic mass is 32.2. The maximum atomic E-state index is 13.4. The number of thioether (sulfide) groups is 1. The lowest BCUT2D eigenvalue weighted by molar-refractivity contribution is 0.628. The molecule has 5 rings (SSSR count). The number of halogens is 1. The average Bonchev–Trinajstić information content (AvgIpc) is 3.40. The molecule has 4 nitrogen and oxygen atoms in total. The minimum Gasteiger partial charge on any atom is -0.383 e. The van der Waals surface area contributed by atoms with Gasteiger partial charge in [0.15, 0.2) is 0 Å². The molecule has 4 aromatic rings. The van der Waals surface area contributed by atoms with E-state index in [9.17, 15) is 4.39 Å². The fourth-order valence-corrected chi connectivity index (χ4v) is 3.37. The summed E-state index contributed by atoms with van der Waals surface area (Å²) in [6.45, 7) is 0. The van der Waals surface area contributed by atoms with Crippen molar-refractivity contribution < 1.29 is 4.39 Å². The summed E-state index contributed by atoms with van der Waals surface area (Å²) < 4.78 is 13.4. The van der Waals surface area contributed by atoms with Crippen molar-refractivity contribution in [1.29, 1.82) is 0 Å². The standard InChI is InChI=1S/C19H15FN4.C2H6S/c20-13-5-3-10(4-6-13)17-14-7-12-9-22-24-16(12)8-15(14)19(21)23-18(17)11-1-2-11;1-3-2/h3-9,11H,1-2H2,(H2,21,23)(H,22,24);1-2H3. The number of rotatable bonds is 2. The van der Waals surface area contributed by atoms with E-state index in [0.29, 0.717) is 11.7 Å².